The van der Waals surface area contributed by atoms with Gasteiger partial charge in [-0.3, -0.25) is 14.6 Å². The van der Waals surface area contributed by atoms with Gasteiger partial charge in [0.1, 0.15) is 23.0 Å². The van der Waals surface area contributed by atoms with Crippen LogP contribution < -0.4 is 9.47 Å². The quantitative estimate of drug-likeness (QED) is 0.176. The topological polar surface area (TPSA) is 89.0 Å². The summed E-state index contributed by atoms with van der Waals surface area (Å²) in [5.74, 6) is -0.501. The Morgan fingerprint density at radius 3 is 2.45 bits per heavy atom. The first-order chi connectivity index (χ1) is 18.5. The Balaban J connectivity index is 1.65. The normalized spacial score (nSPS) is 16.5. The molecule has 1 aromatic heterocycles. The highest BCUT2D eigenvalue weighted by molar-refractivity contribution is 6.46. The average Bonchev–Trinajstić information content (AvgIpc) is 3.19. The smallest absolute Gasteiger partial charge is 0.296 e. The third kappa shape index (κ3) is 4.96. The number of aromatic nitrogens is 1. The van der Waals surface area contributed by atoms with E-state index in [0.29, 0.717) is 33.5 Å². The molecule has 1 unspecified atom stereocenters. The van der Waals surface area contributed by atoms with E-state index < -0.39 is 17.7 Å². The van der Waals surface area contributed by atoms with Crippen molar-refractivity contribution in [2.45, 2.75) is 12.6 Å². The number of pyridine rings is 1. The number of methoxy groups -OCH3 is 1. The molecule has 1 fully saturated rings. The van der Waals surface area contributed by atoms with Crippen LogP contribution in [-0.2, 0) is 16.1 Å². The standard InChI is InChI=1S/C30H23ClN2O5/c1-37-25-14-13-20(31)17-24(25)28(34)26-27(33(30(36)29(26)35)18-21-9-5-6-15-32-21)19-8-7-12-23(16-19)38-22-10-3-2-4-11-22/h2-17,27,34H,18H2,1H3/b28-26+. The Bertz CT molecular complexity index is 1520. The molecule has 1 atom stereocenters. The minimum absolute atomic E-state index is 0.0588. The molecule has 1 amide bonds. The number of para-hydroxylation sites is 1. The summed E-state index contributed by atoms with van der Waals surface area (Å²) in [6.07, 6.45) is 1.62. The average molecular weight is 527 g/mol. The van der Waals surface area contributed by atoms with Crippen LogP contribution in [0, 0.1) is 0 Å². The summed E-state index contributed by atoms with van der Waals surface area (Å²) in [4.78, 5) is 32.5. The minimum atomic E-state index is -0.917. The SMILES string of the molecule is COc1ccc(Cl)cc1/C(O)=C1\C(=O)C(=O)N(Cc2ccccn2)C1c1cccc(Oc2ccccc2)c1. The summed E-state index contributed by atoms with van der Waals surface area (Å²) in [5.41, 5.74) is 1.30. The van der Waals surface area contributed by atoms with Gasteiger partial charge >= 0.3 is 0 Å². The molecule has 1 saturated heterocycles. The molecular weight excluding hydrogens is 504 g/mol. The summed E-state index contributed by atoms with van der Waals surface area (Å²) in [6.45, 7) is 0.0588. The Hall–Kier alpha value is -4.62. The van der Waals surface area contributed by atoms with E-state index in [1.165, 1.54) is 18.1 Å². The molecule has 0 aliphatic carbocycles. The van der Waals surface area contributed by atoms with Gasteiger partial charge in [-0.1, -0.05) is 48.0 Å². The van der Waals surface area contributed by atoms with Crippen LogP contribution in [-0.4, -0.2) is 33.8 Å². The molecular formula is C30H23ClN2O5. The number of amides is 1. The van der Waals surface area contributed by atoms with Crippen molar-refractivity contribution in [3.63, 3.8) is 0 Å². The van der Waals surface area contributed by atoms with Crippen molar-refractivity contribution in [3.8, 4) is 17.2 Å². The van der Waals surface area contributed by atoms with Gasteiger partial charge in [-0.15, -0.1) is 0 Å². The van der Waals surface area contributed by atoms with Gasteiger partial charge in [0.25, 0.3) is 11.7 Å². The number of hydrogen-bond donors (Lipinski definition) is 1. The summed E-state index contributed by atoms with van der Waals surface area (Å²) in [7, 11) is 1.45. The number of ether oxygens (including phenoxy) is 2. The Morgan fingerprint density at radius 2 is 1.71 bits per heavy atom. The lowest BCUT2D eigenvalue weighted by molar-refractivity contribution is -0.140. The van der Waals surface area contributed by atoms with Crippen LogP contribution in [0.25, 0.3) is 5.76 Å². The summed E-state index contributed by atoms with van der Waals surface area (Å²) < 4.78 is 11.4. The van der Waals surface area contributed by atoms with Crippen LogP contribution in [0.15, 0.2) is 103 Å². The van der Waals surface area contributed by atoms with Gasteiger partial charge in [0.05, 0.1) is 36.5 Å². The molecule has 5 rings (SSSR count). The number of likely N-dealkylation sites (tertiary alicyclic amines) is 1. The summed E-state index contributed by atoms with van der Waals surface area (Å²) in [5, 5.41) is 11.8. The van der Waals surface area contributed by atoms with Crippen molar-refractivity contribution in [1.29, 1.82) is 0 Å². The molecule has 190 valence electrons. The van der Waals surface area contributed by atoms with Gasteiger partial charge in [-0.2, -0.15) is 0 Å². The third-order valence-corrected chi connectivity index (χ3v) is 6.40. The lowest BCUT2D eigenvalue weighted by Gasteiger charge is -2.25. The van der Waals surface area contributed by atoms with E-state index in [9.17, 15) is 14.7 Å². The third-order valence-electron chi connectivity index (χ3n) is 6.17. The first-order valence-corrected chi connectivity index (χ1v) is 12.2. The van der Waals surface area contributed by atoms with Crippen LogP contribution in [0.1, 0.15) is 22.9 Å². The molecule has 4 aromatic rings. The molecule has 0 spiro atoms. The number of carbonyl (C=O) groups is 2. The number of aliphatic hydroxyl groups excluding tert-OH is 1. The number of nitrogens with zero attached hydrogens (tertiary/aromatic N) is 2. The second-order valence-corrected chi connectivity index (χ2v) is 9.02. The van der Waals surface area contributed by atoms with Crippen LogP contribution in [0.3, 0.4) is 0 Å². The second kappa shape index (κ2) is 10.8. The molecule has 0 radical (unpaired) electrons. The number of ketones is 1. The number of halogens is 1. The fourth-order valence-corrected chi connectivity index (χ4v) is 4.61. The molecule has 0 bridgehead atoms. The molecule has 7 nitrogen and oxygen atoms in total. The number of benzene rings is 3. The fraction of sp³-hybridized carbons (Fsp3) is 0.100. The monoisotopic (exact) mass is 526 g/mol. The molecule has 0 saturated carbocycles. The van der Waals surface area contributed by atoms with E-state index in [-0.39, 0.29) is 23.4 Å². The van der Waals surface area contributed by atoms with Crippen molar-refractivity contribution in [1.82, 2.24) is 9.88 Å². The van der Waals surface area contributed by atoms with Crippen molar-refractivity contribution in [2.24, 2.45) is 0 Å². The van der Waals surface area contributed by atoms with Crippen LogP contribution in [0.2, 0.25) is 5.02 Å². The predicted octanol–water partition coefficient (Wildman–Crippen LogP) is 6.16. The van der Waals surface area contributed by atoms with E-state index in [1.54, 1.807) is 60.8 Å². The molecule has 3 aromatic carbocycles. The Kier molecular flexibility index (Phi) is 7.11. The highest BCUT2D eigenvalue weighted by Crippen LogP contribution is 2.43. The van der Waals surface area contributed by atoms with E-state index in [2.05, 4.69) is 4.98 Å². The highest BCUT2D eigenvalue weighted by Gasteiger charge is 2.46. The first kappa shape index (κ1) is 25.0. The zero-order chi connectivity index (χ0) is 26.6. The maximum absolute atomic E-state index is 13.4. The zero-order valence-electron chi connectivity index (χ0n) is 20.4. The predicted molar refractivity (Wildman–Crippen MR) is 143 cm³/mol. The second-order valence-electron chi connectivity index (χ2n) is 8.58. The van der Waals surface area contributed by atoms with Gasteiger partial charge < -0.3 is 19.5 Å². The molecule has 1 aliphatic heterocycles. The van der Waals surface area contributed by atoms with Crippen LogP contribution >= 0.6 is 11.6 Å². The number of carbonyl (C=O) groups excluding carboxylic acids is 2. The van der Waals surface area contributed by atoms with Gasteiger partial charge in [0.15, 0.2) is 0 Å². The van der Waals surface area contributed by atoms with Gasteiger partial charge in [-0.25, -0.2) is 0 Å². The highest BCUT2D eigenvalue weighted by atomic mass is 35.5. The Morgan fingerprint density at radius 1 is 0.947 bits per heavy atom. The van der Waals surface area contributed by atoms with Crippen LogP contribution in [0.4, 0.5) is 0 Å². The van der Waals surface area contributed by atoms with E-state index in [0.717, 1.165) is 0 Å². The van der Waals surface area contributed by atoms with Gasteiger partial charge in [0, 0.05) is 11.2 Å². The van der Waals surface area contributed by atoms with E-state index >= 15 is 0 Å². The maximum atomic E-state index is 13.4. The lowest BCUT2D eigenvalue weighted by atomic mass is 9.94. The molecule has 1 N–H and O–H groups in total. The maximum Gasteiger partial charge on any atom is 0.296 e. The number of rotatable bonds is 7. The summed E-state index contributed by atoms with van der Waals surface area (Å²) >= 11 is 6.20. The Labute approximate surface area is 224 Å². The van der Waals surface area contributed by atoms with E-state index in [4.69, 9.17) is 21.1 Å². The molecule has 2 heterocycles. The van der Waals surface area contributed by atoms with Crippen LogP contribution in [0.5, 0.6) is 17.2 Å². The summed E-state index contributed by atoms with van der Waals surface area (Å²) in [6, 6.07) is 25.5. The lowest BCUT2D eigenvalue weighted by Crippen LogP contribution is -2.29. The van der Waals surface area contributed by atoms with Gasteiger partial charge in [0.2, 0.25) is 0 Å². The number of hydrogen-bond acceptors (Lipinski definition) is 6. The number of aliphatic hydroxyl groups is 1. The largest absolute Gasteiger partial charge is 0.507 e. The number of Topliss-reactive ketones (excluding diaryl/α,β-unsaturated/α-hetero) is 1. The fourth-order valence-electron chi connectivity index (χ4n) is 4.44. The molecule has 8 heteroatoms. The van der Waals surface area contributed by atoms with Crippen molar-refractivity contribution in [2.75, 3.05) is 7.11 Å². The van der Waals surface area contributed by atoms with Crippen molar-refractivity contribution >= 4 is 29.1 Å². The van der Waals surface area contributed by atoms with Crippen molar-refractivity contribution < 1.29 is 24.2 Å². The van der Waals surface area contributed by atoms with E-state index in [1.807, 2.05) is 30.3 Å². The first-order valence-electron chi connectivity index (χ1n) is 11.8. The minimum Gasteiger partial charge on any atom is -0.507 e. The molecule has 38 heavy (non-hydrogen) atoms. The van der Waals surface area contributed by atoms with Gasteiger partial charge in [-0.05, 0) is 60.2 Å². The zero-order valence-corrected chi connectivity index (χ0v) is 21.1. The molecule has 1 aliphatic rings. The van der Waals surface area contributed by atoms with Crippen molar-refractivity contribution in [3.05, 3.63) is 125 Å².